The molecule has 0 aliphatic carbocycles. The van der Waals surface area contributed by atoms with Crippen molar-refractivity contribution >= 4 is 22.9 Å². The van der Waals surface area contributed by atoms with Gasteiger partial charge in [0.15, 0.2) is 0 Å². The van der Waals surface area contributed by atoms with E-state index in [1.54, 1.807) is 7.11 Å². The molecular formula is C18H24N2O3. The first-order valence-corrected chi connectivity index (χ1v) is 7.63. The van der Waals surface area contributed by atoms with E-state index >= 15 is 0 Å². The van der Waals surface area contributed by atoms with Crippen molar-refractivity contribution in [2.75, 3.05) is 20.3 Å². The lowest BCUT2D eigenvalue weighted by molar-refractivity contribution is -0.119. The van der Waals surface area contributed by atoms with E-state index in [-0.39, 0.29) is 12.5 Å². The number of hydrogen-bond donors (Lipinski definition) is 2. The third-order valence-corrected chi connectivity index (χ3v) is 3.89. The highest BCUT2D eigenvalue weighted by Crippen LogP contribution is 2.21. The number of fused-ring (bicyclic) bond motifs is 1. The lowest BCUT2D eigenvalue weighted by Gasteiger charge is -2.28. The van der Waals surface area contributed by atoms with Gasteiger partial charge >= 0.3 is 0 Å². The molecule has 2 aromatic rings. The number of aromatic nitrogens is 1. The minimum absolute atomic E-state index is 0.00677. The summed E-state index contributed by atoms with van der Waals surface area (Å²) in [5.74, 6) is -0.203. The number of methoxy groups -OCH3 is 1. The summed E-state index contributed by atoms with van der Waals surface area (Å²) in [6, 6.07) is 8.06. The Morgan fingerprint density at radius 1 is 1.43 bits per heavy atom. The van der Waals surface area contributed by atoms with Crippen LogP contribution in [0.1, 0.15) is 18.9 Å². The molecule has 2 rings (SSSR count). The molecule has 0 bridgehead atoms. The van der Waals surface area contributed by atoms with Crippen LogP contribution in [0.4, 0.5) is 0 Å². The van der Waals surface area contributed by atoms with Crippen molar-refractivity contribution < 1.29 is 14.6 Å². The summed E-state index contributed by atoms with van der Waals surface area (Å²) in [7, 11) is 3.56. The zero-order valence-corrected chi connectivity index (χ0v) is 13.9. The number of amides is 1. The number of benzene rings is 1. The first kappa shape index (κ1) is 17.2. The summed E-state index contributed by atoms with van der Waals surface area (Å²) >= 11 is 0. The number of carbonyl (C=O) groups is 1. The van der Waals surface area contributed by atoms with Gasteiger partial charge in [-0.2, -0.15) is 0 Å². The van der Waals surface area contributed by atoms with Crippen LogP contribution in [-0.4, -0.2) is 41.4 Å². The molecule has 124 valence electrons. The molecule has 1 aromatic carbocycles. The monoisotopic (exact) mass is 316 g/mol. The van der Waals surface area contributed by atoms with Crippen molar-refractivity contribution in [3.63, 3.8) is 0 Å². The van der Waals surface area contributed by atoms with Gasteiger partial charge < -0.3 is 19.7 Å². The van der Waals surface area contributed by atoms with Crippen LogP contribution < -0.4 is 5.32 Å². The summed E-state index contributed by atoms with van der Waals surface area (Å²) in [5.41, 5.74) is 1.54. The van der Waals surface area contributed by atoms with Gasteiger partial charge in [0.25, 0.3) is 0 Å². The summed E-state index contributed by atoms with van der Waals surface area (Å²) in [6.07, 6.45) is 5.77. The van der Waals surface area contributed by atoms with Crippen LogP contribution in [0.5, 0.6) is 0 Å². The predicted molar refractivity (Wildman–Crippen MR) is 92.1 cm³/mol. The van der Waals surface area contributed by atoms with Crippen LogP contribution >= 0.6 is 0 Å². The molecule has 0 aliphatic heterocycles. The van der Waals surface area contributed by atoms with Crippen molar-refractivity contribution in [2.24, 2.45) is 7.05 Å². The van der Waals surface area contributed by atoms with Crippen LogP contribution in [0.2, 0.25) is 0 Å². The van der Waals surface area contributed by atoms with Crippen molar-refractivity contribution in [2.45, 2.75) is 18.9 Å². The predicted octanol–water partition coefficient (Wildman–Crippen LogP) is 2.10. The molecular weight excluding hydrogens is 292 g/mol. The zero-order valence-electron chi connectivity index (χ0n) is 13.9. The number of nitrogens with zero attached hydrogens (tertiary/aromatic N) is 1. The van der Waals surface area contributed by atoms with E-state index in [9.17, 15) is 4.79 Å². The van der Waals surface area contributed by atoms with E-state index in [1.807, 2.05) is 55.1 Å². The third-order valence-electron chi connectivity index (χ3n) is 3.89. The largest absolute Gasteiger partial charge is 0.396 e. The highest BCUT2D eigenvalue weighted by molar-refractivity contribution is 5.96. The van der Waals surface area contributed by atoms with E-state index in [0.717, 1.165) is 16.5 Å². The Morgan fingerprint density at radius 2 is 2.17 bits per heavy atom. The normalized spacial score (nSPS) is 14.3. The first-order valence-electron chi connectivity index (χ1n) is 7.63. The Labute approximate surface area is 136 Å². The molecule has 0 fully saturated rings. The fourth-order valence-corrected chi connectivity index (χ4v) is 2.75. The van der Waals surface area contributed by atoms with Gasteiger partial charge in [-0.1, -0.05) is 18.2 Å². The first-order chi connectivity index (χ1) is 11.0. The second kappa shape index (κ2) is 7.44. The second-order valence-corrected chi connectivity index (χ2v) is 6.00. The molecule has 0 aliphatic rings. The number of aliphatic hydroxyl groups excluding tert-OH is 1. The Hall–Kier alpha value is -2.11. The third kappa shape index (κ3) is 4.21. The summed E-state index contributed by atoms with van der Waals surface area (Å²) < 4.78 is 7.17. The second-order valence-electron chi connectivity index (χ2n) is 6.00. The molecule has 23 heavy (non-hydrogen) atoms. The van der Waals surface area contributed by atoms with Gasteiger partial charge in [-0.25, -0.2) is 0 Å². The van der Waals surface area contributed by atoms with Crippen LogP contribution in [0.25, 0.3) is 17.0 Å². The number of nitrogens with one attached hydrogen (secondary N) is 1. The fraction of sp³-hybridized carbons (Fsp3) is 0.389. The van der Waals surface area contributed by atoms with E-state index in [0.29, 0.717) is 13.0 Å². The smallest absolute Gasteiger partial charge is 0.244 e. The lowest BCUT2D eigenvalue weighted by Crippen LogP contribution is -2.49. The molecule has 0 saturated heterocycles. The van der Waals surface area contributed by atoms with Crippen molar-refractivity contribution in [1.82, 2.24) is 9.88 Å². The van der Waals surface area contributed by atoms with Gasteiger partial charge in [0, 0.05) is 49.5 Å². The van der Waals surface area contributed by atoms with E-state index < -0.39 is 5.54 Å². The Kier molecular flexibility index (Phi) is 5.58. The average Bonchev–Trinajstić information content (AvgIpc) is 2.82. The van der Waals surface area contributed by atoms with Gasteiger partial charge in [-0.05, 0) is 25.5 Å². The maximum atomic E-state index is 12.2. The van der Waals surface area contributed by atoms with Crippen LogP contribution in [0, 0.1) is 0 Å². The fourth-order valence-electron chi connectivity index (χ4n) is 2.75. The SMILES string of the molecule is COCC(C)(CCO)NC(=O)/C=C/c1cn(C)c2ccccc12. The van der Waals surface area contributed by atoms with E-state index in [2.05, 4.69) is 5.32 Å². The molecule has 1 amide bonds. The van der Waals surface area contributed by atoms with Gasteiger partial charge in [0.1, 0.15) is 0 Å². The number of hydrogen-bond acceptors (Lipinski definition) is 3. The molecule has 1 unspecified atom stereocenters. The van der Waals surface area contributed by atoms with Crippen LogP contribution in [0.15, 0.2) is 36.5 Å². The molecule has 1 heterocycles. The van der Waals surface area contributed by atoms with Crippen LogP contribution in [-0.2, 0) is 16.6 Å². The standard InChI is InChI=1S/C18H24N2O3/c1-18(10-11-21,13-23-3)19-17(22)9-8-14-12-20(2)16-7-5-4-6-15(14)16/h4-9,12,21H,10-11,13H2,1-3H3,(H,19,22)/b9-8+. The lowest BCUT2D eigenvalue weighted by atomic mass is 9.99. The van der Waals surface area contributed by atoms with Crippen molar-refractivity contribution in [3.05, 3.63) is 42.1 Å². The van der Waals surface area contributed by atoms with Gasteiger partial charge in [0.05, 0.1) is 12.1 Å². The number of aryl methyl sites for hydroxylation is 1. The molecule has 0 radical (unpaired) electrons. The molecule has 5 heteroatoms. The molecule has 0 saturated carbocycles. The van der Waals surface area contributed by atoms with Gasteiger partial charge in [-0.15, -0.1) is 0 Å². The number of ether oxygens (including phenoxy) is 1. The summed E-state index contributed by atoms with van der Waals surface area (Å²) in [6.45, 7) is 2.20. The Balaban J connectivity index is 2.13. The van der Waals surface area contributed by atoms with Crippen molar-refractivity contribution in [1.29, 1.82) is 0 Å². The summed E-state index contributed by atoms with van der Waals surface area (Å²) in [5, 5.41) is 13.2. The van der Waals surface area contributed by atoms with E-state index in [4.69, 9.17) is 9.84 Å². The highest BCUT2D eigenvalue weighted by atomic mass is 16.5. The highest BCUT2D eigenvalue weighted by Gasteiger charge is 2.24. The number of para-hydroxylation sites is 1. The molecule has 2 N–H and O–H groups in total. The topological polar surface area (TPSA) is 63.5 Å². The molecule has 5 nitrogen and oxygen atoms in total. The molecule has 1 aromatic heterocycles. The maximum absolute atomic E-state index is 12.2. The zero-order chi connectivity index (χ0) is 16.9. The Morgan fingerprint density at radius 3 is 2.87 bits per heavy atom. The Bertz CT molecular complexity index is 697. The average molecular weight is 316 g/mol. The van der Waals surface area contributed by atoms with Crippen molar-refractivity contribution in [3.8, 4) is 0 Å². The van der Waals surface area contributed by atoms with Crippen LogP contribution in [0.3, 0.4) is 0 Å². The van der Waals surface area contributed by atoms with Gasteiger partial charge in [-0.3, -0.25) is 4.79 Å². The number of aliphatic hydroxyl groups is 1. The quantitative estimate of drug-likeness (QED) is 0.769. The minimum Gasteiger partial charge on any atom is -0.396 e. The number of rotatable bonds is 7. The van der Waals surface area contributed by atoms with E-state index in [1.165, 1.54) is 6.08 Å². The maximum Gasteiger partial charge on any atom is 0.244 e. The molecule has 1 atom stereocenters. The number of carbonyl (C=O) groups excluding carboxylic acids is 1. The summed E-state index contributed by atoms with van der Waals surface area (Å²) in [4.78, 5) is 12.2. The molecule has 0 spiro atoms. The van der Waals surface area contributed by atoms with Gasteiger partial charge in [0.2, 0.25) is 5.91 Å². The minimum atomic E-state index is -0.580.